The molecule has 0 rings (SSSR count). The van der Waals surface area contributed by atoms with E-state index in [-0.39, 0.29) is 182 Å². The summed E-state index contributed by atoms with van der Waals surface area (Å²) in [5.74, 6) is 0. The Morgan fingerprint density at radius 2 is 1.00 bits per heavy atom. The van der Waals surface area contributed by atoms with Gasteiger partial charge in [0.2, 0.25) is 0 Å². The summed E-state index contributed by atoms with van der Waals surface area (Å²) >= 11 is 0. The predicted octanol–water partition coefficient (Wildman–Crippen LogP) is -2.22. The second-order valence-electron chi connectivity index (χ2n) is 0. The molecule has 0 N–H and O–H groups in total. The molecule has 0 aromatic carbocycles. The summed E-state index contributed by atoms with van der Waals surface area (Å²) in [6, 6.07) is 0. The van der Waals surface area contributed by atoms with Crippen molar-refractivity contribution in [3.8, 4) is 0 Å². The second-order valence-corrected chi connectivity index (χ2v) is 0. The van der Waals surface area contributed by atoms with Gasteiger partial charge in [-0.2, -0.15) is 0 Å². The van der Waals surface area contributed by atoms with Crippen LogP contribution in [0, 0.1) is 0 Å². The summed E-state index contributed by atoms with van der Waals surface area (Å²) in [5.41, 5.74) is 0. The molecule has 0 aliphatic heterocycles. The molecule has 19 valence electrons. The summed E-state index contributed by atoms with van der Waals surface area (Å²) in [4.78, 5) is 0. The van der Waals surface area contributed by atoms with Crippen molar-refractivity contribution in [3.05, 3.63) is 0 Å². The Bertz CT molecular complexity index is 8.00. The standard InChI is InChI=1S/Ca.Cs.Cu.Rb.4H. The van der Waals surface area contributed by atoms with E-state index in [1.54, 1.807) is 0 Å². The van der Waals surface area contributed by atoms with Gasteiger partial charge in [-0.25, -0.2) is 0 Å². The fraction of sp³-hybridized carbons (Fsp3) is 0. The Hall–Kier alpha value is 5.64. The van der Waals surface area contributed by atoms with E-state index >= 15 is 0 Å². The summed E-state index contributed by atoms with van der Waals surface area (Å²) in [5, 5.41) is 0. The first-order valence-electron chi connectivity index (χ1n) is 0. The molecule has 0 atom stereocenters. The van der Waals surface area contributed by atoms with Gasteiger partial charge in [-0.1, -0.05) is 0 Å². The van der Waals surface area contributed by atoms with E-state index in [0.717, 1.165) is 0 Å². The SMILES string of the molecule is [CaH2].[CsH].[Cu].[RbH]. The van der Waals surface area contributed by atoms with Crippen LogP contribution in [0.2, 0.25) is 0 Å². The third kappa shape index (κ3) is 10.6. The van der Waals surface area contributed by atoms with Crippen LogP contribution in [0.4, 0.5) is 0 Å². The molecular formula is H4CaCsCuRb. The molecule has 0 aliphatic carbocycles. The Morgan fingerprint density at radius 3 is 1.00 bits per heavy atom. The Balaban J connectivity index is 0. The van der Waals surface area contributed by atoms with Gasteiger partial charge in [0, 0.05) is 17.1 Å². The van der Waals surface area contributed by atoms with Crippen molar-refractivity contribution in [2.45, 2.75) is 0 Å². The van der Waals surface area contributed by atoms with Crippen molar-refractivity contribution in [3.63, 3.8) is 0 Å². The molecule has 0 aliphatic rings. The molecule has 0 saturated heterocycles. The molecule has 0 saturated carbocycles. The number of hydrogen-bond donors (Lipinski definition) is 0. The molecule has 0 amide bonds. The van der Waals surface area contributed by atoms with Crippen molar-refractivity contribution in [2.24, 2.45) is 0 Å². The summed E-state index contributed by atoms with van der Waals surface area (Å²) in [6.45, 7) is 0. The van der Waals surface area contributed by atoms with Gasteiger partial charge in [-0.05, 0) is 0 Å². The van der Waals surface area contributed by atoms with Gasteiger partial charge in [0.05, 0.1) is 0 Å². The van der Waals surface area contributed by atoms with Crippen molar-refractivity contribution in [1.29, 1.82) is 0 Å². The first kappa shape index (κ1) is 22.6. The molecule has 4 heavy (non-hydrogen) atoms. The van der Waals surface area contributed by atoms with Crippen molar-refractivity contribution in [1.82, 2.24) is 0 Å². The van der Waals surface area contributed by atoms with E-state index in [0.29, 0.717) is 0 Å². The molecule has 0 unspecified atom stereocenters. The molecule has 4 heteroatoms. The Morgan fingerprint density at radius 1 is 1.00 bits per heavy atom. The minimum absolute atomic E-state index is 0. The van der Waals surface area contributed by atoms with E-state index in [1.165, 1.54) is 0 Å². The number of rotatable bonds is 0. The molecule has 0 aromatic rings. The summed E-state index contributed by atoms with van der Waals surface area (Å²) < 4.78 is 0. The van der Waals surface area contributed by atoms with Gasteiger partial charge in [-0.3, -0.25) is 0 Å². The molecule has 0 spiro atoms. The van der Waals surface area contributed by atoms with E-state index in [9.17, 15) is 0 Å². The fourth-order valence-electron chi connectivity index (χ4n) is 0. The zero-order valence-electron chi connectivity index (χ0n) is 0.302. The second kappa shape index (κ2) is 15.9. The topological polar surface area (TPSA) is 0 Å². The van der Waals surface area contributed by atoms with Crippen molar-refractivity contribution in [2.75, 3.05) is 0 Å². The van der Waals surface area contributed by atoms with Gasteiger partial charge in [-0.15, -0.1) is 0 Å². The van der Waals surface area contributed by atoms with Gasteiger partial charge in [0.15, 0.2) is 0 Å². The zero-order chi connectivity index (χ0) is 0. The van der Waals surface area contributed by atoms with Crippen LogP contribution in [-0.2, 0) is 17.1 Å². The molecule has 0 bridgehead atoms. The van der Waals surface area contributed by atoms with Crippen LogP contribution in [0.1, 0.15) is 0 Å². The average Bonchev–Trinajstić information content (AvgIpc) is 0. The first-order valence-corrected chi connectivity index (χ1v) is 0. The van der Waals surface area contributed by atoms with Crippen molar-refractivity contribution < 1.29 is 17.1 Å². The van der Waals surface area contributed by atoms with E-state index < -0.39 is 0 Å². The minimum atomic E-state index is 0. The monoisotopic (exact) mass is 325 g/mol. The van der Waals surface area contributed by atoms with E-state index in [4.69, 9.17) is 0 Å². The molecular weight excluding hydrogens is 322 g/mol. The third-order valence-electron chi connectivity index (χ3n) is 0. The first-order chi connectivity index (χ1) is 0. The third-order valence-corrected chi connectivity index (χ3v) is 0. The van der Waals surface area contributed by atoms with Crippen LogP contribution in [0.3, 0.4) is 0 Å². The summed E-state index contributed by atoms with van der Waals surface area (Å²) in [7, 11) is 0. The Labute approximate surface area is 175 Å². The molecule has 0 heterocycles. The van der Waals surface area contributed by atoms with E-state index in [1.807, 2.05) is 0 Å². The van der Waals surface area contributed by atoms with Crippen LogP contribution in [0.5, 0.6) is 0 Å². The van der Waals surface area contributed by atoms with Crippen LogP contribution >= 0.6 is 0 Å². The van der Waals surface area contributed by atoms with Gasteiger partial charge in [0.1, 0.15) is 0 Å². The van der Waals surface area contributed by atoms with Crippen molar-refractivity contribution >= 4 is 165 Å². The van der Waals surface area contributed by atoms with Crippen LogP contribution in [-0.4, -0.2) is 165 Å². The summed E-state index contributed by atoms with van der Waals surface area (Å²) in [6.07, 6.45) is 0. The van der Waals surface area contributed by atoms with Gasteiger partial charge in [0.25, 0.3) is 0 Å². The maximum atomic E-state index is 0. The van der Waals surface area contributed by atoms with Crippen LogP contribution < -0.4 is 0 Å². The quantitative estimate of drug-likeness (QED) is 0.443. The zero-order valence-corrected chi connectivity index (χ0v) is 1.24. The molecule has 1 radical (unpaired) electrons. The molecule has 0 fully saturated rings. The van der Waals surface area contributed by atoms with Crippen LogP contribution in [0.15, 0.2) is 0 Å². The molecule has 0 nitrogen and oxygen atoms in total. The normalized spacial score (nSPS) is 0. The van der Waals surface area contributed by atoms with Gasteiger partial charge < -0.3 is 0 Å². The predicted molar refractivity (Wildman–Crippen MR) is 22.8 cm³/mol. The average molecular weight is 326 g/mol. The maximum absolute atomic E-state index is 0. The van der Waals surface area contributed by atoms with E-state index in [2.05, 4.69) is 0 Å². The molecule has 0 aromatic heterocycles. The number of hydrogen-bond acceptors (Lipinski definition) is 0. The van der Waals surface area contributed by atoms with Gasteiger partial charge >= 0.3 is 165 Å². The Kier molecular flexibility index (Phi) is 89.7. The fourth-order valence-corrected chi connectivity index (χ4v) is 0. The van der Waals surface area contributed by atoms with Crippen LogP contribution in [0.25, 0.3) is 0 Å².